The average molecular weight is 415 g/mol. The van der Waals surface area contributed by atoms with Gasteiger partial charge in [-0.05, 0) is 55.5 Å². The number of hydrogen-bond donors (Lipinski definition) is 1. The van der Waals surface area contributed by atoms with Gasteiger partial charge in [-0.2, -0.15) is 13.2 Å². The largest absolute Gasteiger partial charge is 0.451 e. The molecule has 0 radical (unpaired) electrons. The molecule has 0 saturated heterocycles. The lowest BCUT2D eigenvalue weighted by molar-refractivity contribution is -0.137. The van der Waals surface area contributed by atoms with Crippen molar-refractivity contribution in [3.05, 3.63) is 65.2 Å². The Morgan fingerprint density at radius 1 is 0.964 bits per heavy atom. The molecule has 10 heteroatoms. The van der Waals surface area contributed by atoms with Crippen molar-refractivity contribution in [1.29, 1.82) is 0 Å². The summed E-state index contributed by atoms with van der Waals surface area (Å²) in [5.74, 6) is -1.49. The topological polar surface area (TPSA) is 89.5 Å². The predicted molar refractivity (Wildman–Crippen MR) is 95.6 cm³/mol. The number of carbonyl (C=O) groups excluding carboxylic acids is 2. The summed E-state index contributed by atoms with van der Waals surface area (Å²) >= 11 is 0. The Kier molecular flexibility index (Phi) is 6.13. The molecule has 1 atom stereocenters. The highest BCUT2D eigenvalue weighted by Crippen LogP contribution is 2.29. The van der Waals surface area contributed by atoms with E-state index in [1.807, 2.05) is 0 Å². The number of sulfonamides is 1. The molecule has 0 amide bonds. The number of carbonyl (C=O) groups is 2. The van der Waals surface area contributed by atoms with Crippen LogP contribution in [-0.2, 0) is 20.9 Å². The van der Waals surface area contributed by atoms with Gasteiger partial charge in [0.15, 0.2) is 6.10 Å². The summed E-state index contributed by atoms with van der Waals surface area (Å²) < 4.78 is 67.2. The van der Waals surface area contributed by atoms with Gasteiger partial charge in [0.05, 0.1) is 17.4 Å². The number of esters is 1. The summed E-state index contributed by atoms with van der Waals surface area (Å²) in [6.45, 7) is 1.33. The number of ether oxygens (including phenoxy) is 1. The van der Waals surface area contributed by atoms with Crippen molar-refractivity contribution in [3.63, 3.8) is 0 Å². The number of benzene rings is 2. The molecule has 0 heterocycles. The molecule has 28 heavy (non-hydrogen) atoms. The standard InChI is InChI=1S/C18H16F3NO5S/c1-11(16(23)12-5-9-15(10-6-12)22-28(2,25)26)27-17(24)13-3-7-14(8-4-13)18(19,20)21/h3-11,22H,1-2H3/t11-/m1/s1. The van der Waals surface area contributed by atoms with Crippen LogP contribution in [0.1, 0.15) is 33.2 Å². The van der Waals surface area contributed by atoms with Crippen LogP contribution in [-0.4, -0.2) is 32.5 Å². The van der Waals surface area contributed by atoms with E-state index < -0.39 is 39.6 Å². The maximum atomic E-state index is 12.5. The maximum Gasteiger partial charge on any atom is 0.416 e. The zero-order valence-electron chi connectivity index (χ0n) is 14.8. The molecular formula is C18H16F3NO5S. The van der Waals surface area contributed by atoms with Gasteiger partial charge in [-0.1, -0.05) is 0 Å². The highest BCUT2D eigenvalue weighted by Gasteiger charge is 2.30. The van der Waals surface area contributed by atoms with E-state index in [9.17, 15) is 31.2 Å². The van der Waals surface area contributed by atoms with Crippen molar-refractivity contribution < 1.29 is 35.9 Å². The molecule has 2 rings (SSSR count). The van der Waals surface area contributed by atoms with Crippen molar-refractivity contribution in [2.75, 3.05) is 11.0 Å². The fourth-order valence-electron chi connectivity index (χ4n) is 2.23. The second kappa shape index (κ2) is 8.01. The molecule has 2 aromatic carbocycles. The molecule has 0 unspecified atom stereocenters. The third-order valence-corrected chi connectivity index (χ3v) is 4.18. The molecule has 0 aliphatic heterocycles. The zero-order chi connectivity index (χ0) is 21.1. The number of anilines is 1. The van der Waals surface area contributed by atoms with Gasteiger partial charge in [0.25, 0.3) is 0 Å². The molecule has 1 N–H and O–H groups in total. The number of ketones is 1. The Labute approximate surface area is 159 Å². The number of hydrogen-bond acceptors (Lipinski definition) is 5. The molecule has 0 saturated carbocycles. The van der Waals surface area contributed by atoms with Crippen LogP contribution in [0.4, 0.5) is 18.9 Å². The highest BCUT2D eigenvalue weighted by atomic mass is 32.2. The number of halogens is 3. The lowest BCUT2D eigenvalue weighted by Crippen LogP contribution is -2.24. The third-order valence-electron chi connectivity index (χ3n) is 3.57. The van der Waals surface area contributed by atoms with Gasteiger partial charge in [0, 0.05) is 11.3 Å². The van der Waals surface area contributed by atoms with Crippen molar-refractivity contribution in [2.24, 2.45) is 0 Å². The molecule has 0 fully saturated rings. The van der Waals surface area contributed by atoms with Gasteiger partial charge >= 0.3 is 12.1 Å². The first-order valence-corrected chi connectivity index (χ1v) is 9.76. The molecule has 2 aromatic rings. The molecule has 0 bridgehead atoms. The zero-order valence-corrected chi connectivity index (χ0v) is 15.6. The lowest BCUT2D eigenvalue weighted by atomic mass is 10.1. The summed E-state index contributed by atoms with van der Waals surface area (Å²) in [5.41, 5.74) is -0.600. The second-order valence-corrected chi connectivity index (χ2v) is 7.69. The van der Waals surface area contributed by atoms with Crippen molar-refractivity contribution in [3.8, 4) is 0 Å². The summed E-state index contributed by atoms with van der Waals surface area (Å²) in [6.07, 6.45) is -4.73. The van der Waals surface area contributed by atoms with E-state index >= 15 is 0 Å². The van der Waals surface area contributed by atoms with Crippen LogP contribution in [0.15, 0.2) is 48.5 Å². The highest BCUT2D eigenvalue weighted by molar-refractivity contribution is 7.92. The maximum absolute atomic E-state index is 12.5. The third kappa shape index (κ3) is 5.81. The summed E-state index contributed by atoms with van der Waals surface area (Å²) in [6, 6.07) is 8.89. The van der Waals surface area contributed by atoms with Crippen molar-refractivity contribution in [1.82, 2.24) is 0 Å². The molecular weight excluding hydrogens is 399 g/mol. The van der Waals surface area contributed by atoms with E-state index in [1.54, 1.807) is 0 Å². The van der Waals surface area contributed by atoms with Gasteiger partial charge in [-0.25, -0.2) is 13.2 Å². The summed E-state index contributed by atoms with van der Waals surface area (Å²) in [4.78, 5) is 24.4. The summed E-state index contributed by atoms with van der Waals surface area (Å²) in [5, 5.41) is 0. The van der Waals surface area contributed by atoms with E-state index in [0.717, 1.165) is 30.5 Å². The fourth-order valence-corrected chi connectivity index (χ4v) is 2.79. The first kappa shape index (κ1) is 21.4. The van der Waals surface area contributed by atoms with Gasteiger partial charge in [-0.3, -0.25) is 9.52 Å². The van der Waals surface area contributed by atoms with Crippen LogP contribution in [0.3, 0.4) is 0 Å². The van der Waals surface area contributed by atoms with E-state index in [-0.39, 0.29) is 16.8 Å². The number of nitrogens with one attached hydrogen (secondary N) is 1. The quantitative estimate of drug-likeness (QED) is 0.576. The fraction of sp³-hybridized carbons (Fsp3) is 0.222. The Hall–Kier alpha value is -2.88. The van der Waals surface area contributed by atoms with Gasteiger partial charge in [-0.15, -0.1) is 0 Å². The van der Waals surface area contributed by atoms with E-state index in [2.05, 4.69) is 4.72 Å². The first-order chi connectivity index (χ1) is 12.9. The summed E-state index contributed by atoms with van der Waals surface area (Å²) in [7, 11) is -3.46. The number of Topliss-reactive ketones (excluding diaryl/α,β-unsaturated/α-hetero) is 1. The molecule has 150 valence electrons. The smallest absolute Gasteiger partial charge is 0.416 e. The number of alkyl halides is 3. The minimum Gasteiger partial charge on any atom is -0.451 e. The van der Waals surface area contributed by atoms with Crippen LogP contribution in [0.2, 0.25) is 0 Å². The Morgan fingerprint density at radius 3 is 1.93 bits per heavy atom. The Morgan fingerprint density at radius 2 is 1.46 bits per heavy atom. The second-order valence-electron chi connectivity index (χ2n) is 5.94. The van der Waals surface area contributed by atoms with Crippen molar-refractivity contribution >= 4 is 27.5 Å². The Bertz CT molecular complexity index is 968. The van der Waals surface area contributed by atoms with Crippen molar-refractivity contribution in [2.45, 2.75) is 19.2 Å². The van der Waals surface area contributed by atoms with Crippen LogP contribution < -0.4 is 4.72 Å². The minimum absolute atomic E-state index is 0.125. The Balaban J connectivity index is 2.04. The normalized spacial score (nSPS) is 12.9. The first-order valence-electron chi connectivity index (χ1n) is 7.87. The van der Waals surface area contributed by atoms with Crippen LogP contribution >= 0.6 is 0 Å². The molecule has 0 aliphatic carbocycles. The molecule has 6 nitrogen and oxygen atoms in total. The molecule has 0 spiro atoms. The van der Waals surface area contributed by atoms with Gasteiger partial charge < -0.3 is 4.74 Å². The molecule has 0 aliphatic rings. The number of rotatable bonds is 6. The SMILES string of the molecule is C[C@@H](OC(=O)c1ccc(C(F)(F)F)cc1)C(=O)c1ccc(NS(C)(=O)=O)cc1. The minimum atomic E-state index is -4.52. The van der Waals surface area contributed by atoms with E-state index in [0.29, 0.717) is 0 Å². The van der Waals surface area contributed by atoms with Crippen LogP contribution in [0, 0.1) is 0 Å². The van der Waals surface area contributed by atoms with Gasteiger partial charge in [0.2, 0.25) is 15.8 Å². The van der Waals surface area contributed by atoms with Gasteiger partial charge in [0.1, 0.15) is 0 Å². The van der Waals surface area contributed by atoms with E-state index in [1.165, 1.54) is 31.2 Å². The monoisotopic (exact) mass is 415 g/mol. The predicted octanol–water partition coefficient (Wildman–Crippen LogP) is 3.51. The molecule has 0 aromatic heterocycles. The van der Waals surface area contributed by atoms with E-state index in [4.69, 9.17) is 4.74 Å². The van der Waals surface area contributed by atoms with Crippen LogP contribution in [0.5, 0.6) is 0 Å². The average Bonchev–Trinajstić information content (AvgIpc) is 2.59. The van der Waals surface area contributed by atoms with Crippen LogP contribution in [0.25, 0.3) is 0 Å². The lowest BCUT2D eigenvalue weighted by Gasteiger charge is -2.13.